The van der Waals surface area contributed by atoms with Gasteiger partial charge in [0.25, 0.3) is 16.0 Å². The molecule has 0 aliphatic carbocycles. The summed E-state index contributed by atoms with van der Waals surface area (Å²) in [6, 6.07) is 11.7. The Morgan fingerprint density at radius 1 is 1.03 bits per heavy atom. The van der Waals surface area contributed by atoms with Crippen molar-refractivity contribution < 1.29 is 17.4 Å². The Bertz CT molecular complexity index is 1280. The van der Waals surface area contributed by atoms with Crippen LogP contribution in [0.5, 0.6) is 0 Å². The number of aromatic nitrogens is 2. The maximum Gasteiger partial charge on any atom is 0.296 e. The molecule has 9 heteroatoms. The van der Waals surface area contributed by atoms with Crippen molar-refractivity contribution in [2.75, 3.05) is 16.8 Å². The molecule has 0 saturated heterocycles. The van der Waals surface area contributed by atoms with Crippen molar-refractivity contribution in [1.82, 2.24) is 9.97 Å². The van der Waals surface area contributed by atoms with Crippen molar-refractivity contribution in [3.8, 4) is 0 Å². The largest absolute Gasteiger partial charge is 0.318 e. The van der Waals surface area contributed by atoms with Gasteiger partial charge in [-0.05, 0) is 69.5 Å². The molecule has 172 valence electrons. The fraction of sp³-hybridized carbons (Fsp3) is 0.292. The van der Waals surface area contributed by atoms with Gasteiger partial charge in [0.2, 0.25) is 0 Å². The van der Waals surface area contributed by atoms with E-state index < -0.39 is 10.1 Å². The Hall–Kier alpha value is -3.30. The molecule has 0 bridgehead atoms. The fourth-order valence-electron chi connectivity index (χ4n) is 3.80. The molecule has 8 nitrogen and oxygen atoms in total. The first kappa shape index (κ1) is 22.9. The lowest BCUT2D eigenvalue weighted by atomic mass is 10.1. The number of fused-ring (bicyclic) bond motifs is 2. The van der Waals surface area contributed by atoms with Crippen molar-refractivity contribution in [3.63, 3.8) is 0 Å². The number of rotatable bonds is 7. The average Bonchev–Trinajstić information content (AvgIpc) is 2.92. The van der Waals surface area contributed by atoms with Gasteiger partial charge in [-0.2, -0.15) is 8.42 Å². The van der Waals surface area contributed by atoms with Gasteiger partial charge in [0.05, 0.1) is 22.8 Å². The molecule has 3 aromatic rings. The van der Waals surface area contributed by atoms with Gasteiger partial charge in [-0.3, -0.25) is 8.98 Å². The number of nitrogens with one attached hydrogen (secondary N) is 1. The summed E-state index contributed by atoms with van der Waals surface area (Å²) in [6.45, 7) is 5.86. The lowest BCUT2D eigenvalue weighted by Gasteiger charge is -2.30. The normalized spacial score (nSPS) is 14.2. The Morgan fingerprint density at radius 3 is 2.52 bits per heavy atom. The number of anilines is 3. The van der Waals surface area contributed by atoms with Crippen LogP contribution in [0.4, 0.5) is 17.3 Å². The monoisotopic (exact) mass is 466 g/mol. The number of nitrogens with zero attached hydrogens (tertiary/aromatic N) is 3. The van der Waals surface area contributed by atoms with E-state index in [-0.39, 0.29) is 23.5 Å². The van der Waals surface area contributed by atoms with E-state index in [2.05, 4.69) is 15.3 Å². The minimum absolute atomic E-state index is 0.0503. The summed E-state index contributed by atoms with van der Waals surface area (Å²) in [5.41, 5.74) is 2.97. The molecule has 1 atom stereocenters. The number of amides is 1. The number of benzene rings is 1. The molecule has 3 heterocycles. The van der Waals surface area contributed by atoms with Gasteiger partial charge in [-0.1, -0.05) is 17.7 Å². The fourth-order valence-corrected chi connectivity index (χ4v) is 4.74. The lowest BCUT2D eigenvalue weighted by Crippen LogP contribution is -2.31. The predicted octanol–water partition coefficient (Wildman–Crippen LogP) is 4.37. The number of hydrogen-bond acceptors (Lipinski definition) is 7. The second kappa shape index (κ2) is 9.29. The van der Waals surface area contributed by atoms with E-state index in [1.165, 1.54) is 0 Å². The molecule has 0 fully saturated rings. The van der Waals surface area contributed by atoms with Gasteiger partial charge < -0.3 is 10.2 Å². The first-order chi connectivity index (χ1) is 15.8. The summed E-state index contributed by atoms with van der Waals surface area (Å²) < 4.78 is 30.1. The van der Waals surface area contributed by atoms with Gasteiger partial charge in [-0.25, -0.2) is 9.97 Å². The SMILES string of the molecule is Cc1ccc(S(=O)(=O)OCCCC(C)N2c3ncccc3C(=O)Nc3c(C)ccnc32)cc1. The molecule has 2 aromatic heterocycles. The average molecular weight is 467 g/mol. The van der Waals surface area contributed by atoms with Crippen molar-refractivity contribution >= 4 is 33.3 Å². The molecule has 33 heavy (non-hydrogen) atoms. The molecule has 1 aromatic carbocycles. The Labute approximate surface area is 193 Å². The van der Waals surface area contributed by atoms with Crippen LogP contribution in [0.1, 0.15) is 41.3 Å². The molecule has 0 saturated carbocycles. The number of pyridine rings is 2. The quantitative estimate of drug-likeness (QED) is 0.407. The number of carbonyl (C=O) groups excluding carboxylic acids is 1. The van der Waals surface area contributed by atoms with Crippen LogP contribution in [-0.4, -0.2) is 36.9 Å². The van der Waals surface area contributed by atoms with Crippen molar-refractivity contribution in [3.05, 3.63) is 71.5 Å². The molecule has 1 amide bonds. The third-order valence-corrected chi connectivity index (χ3v) is 6.95. The minimum atomic E-state index is -3.81. The highest BCUT2D eigenvalue weighted by Crippen LogP contribution is 2.38. The lowest BCUT2D eigenvalue weighted by molar-refractivity contribution is 0.102. The summed E-state index contributed by atoms with van der Waals surface area (Å²) in [4.78, 5) is 23.9. The summed E-state index contributed by atoms with van der Waals surface area (Å²) in [5, 5.41) is 2.95. The van der Waals surface area contributed by atoms with Crippen LogP contribution < -0.4 is 10.2 Å². The smallest absolute Gasteiger partial charge is 0.296 e. The highest BCUT2D eigenvalue weighted by Gasteiger charge is 2.31. The predicted molar refractivity (Wildman–Crippen MR) is 126 cm³/mol. The van der Waals surface area contributed by atoms with Crippen LogP contribution in [0, 0.1) is 13.8 Å². The number of hydrogen-bond donors (Lipinski definition) is 1. The molecule has 0 radical (unpaired) electrons. The summed E-state index contributed by atoms with van der Waals surface area (Å²) in [5.74, 6) is 0.895. The maximum absolute atomic E-state index is 12.8. The third kappa shape index (κ3) is 4.74. The van der Waals surface area contributed by atoms with E-state index in [4.69, 9.17) is 4.18 Å². The Balaban J connectivity index is 1.52. The second-order valence-corrected chi connectivity index (χ2v) is 9.72. The van der Waals surface area contributed by atoms with Crippen LogP contribution in [0.3, 0.4) is 0 Å². The second-order valence-electron chi connectivity index (χ2n) is 8.11. The van der Waals surface area contributed by atoms with Crippen LogP contribution >= 0.6 is 0 Å². The van der Waals surface area contributed by atoms with Crippen molar-refractivity contribution in [2.45, 2.75) is 44.6 Å². The molecule has 1 aliphatic heterocycles. The minimum Gasteiger partial charge on any atom is -0.318 e. The summed E-state index contributed by atoms with van der Waals surface area (Å²) >= 11 is 0. The van der Waals surface area contributed by atoms with Gasteiger partial charge in [-0.15, -0.1) is 0 Å². The van der Waals surface area contributed by atoms with Gasteiger partial charge >= 0.3 is 0 Å². The van der Waals surface area contributed by atoms with Crippen LogP contribution in [0.25, 0.3) is 0 Å². The number of aryl methyl sites for hydroxylation is 2. The topological polar surface area (TPSA) is 101 Å². The molecular weight excluding hydrogens is 440 g/mol. The third-order valence-electron chi connectivity index (χ3n) is 5.62. The van der Waals surface area contributed by atoms with E-state index in [1.54, 1.807) is 48.8 Å². The van der Waals surface area contributed by atoms with Gasteiger partial charge in [0.15, 0.2) is 5.82 Å². The highest BCUT2D eigenvalue weighted by atomic mass is 32.2. The molecule has 1 aliphatic rings. The van der Waals surface area contributed by atoms with E-state index in [0.29, 0.717) is 35.7 Å². The molecule has 1 N–H and O–H groups in total. The van der Waals surface area contributed by atoms with Crippen LogP contribution in [0.15, 0.2) is 59.8 Å². The zero-order valence-corrected chi connectivity index (χ0v) is 19.6. The standard InChI is InChI=1S/C24H26N4O4S/c1-16-8-10-19(11-9-16)33(30,31)32-15-5-6-18(3)28-22-20(7-4-13-25-22)24(29)27-21-17(2)12-14-26-23(21)28/h4,7-14,18H,5-6,15H2,1-3H3,(H,27,29). The highest BCUT2D eigenvalue weighted by molar-refractivity contribution is 7.86. The summed E-state index contributed by atoms with van der Waals surface area (Å²) in [6.07, 6.45) is 4.44. The van der Waals surface area contributed by atoms with Gasteiger partial charge in [0, 0.05) is 18.4 Å². The molecule has 0 spiro atoms. The molecular formula is C24H26N4O4S. The Kier molecular flexibility index (Phi) is 6.44. The first-order valence-corrected chi connectivity index (χ1v) is 12.2. The number of carbonyl (C=O) groups is 1. The van der Waals surface area contributed by atoms with E-state index in [9.17, 15) is 13.2 Å². The van der Waals surface area contributed by atoms with Crippen molar-refractivity contribution in [1.29, 1.82) is 0 Å². The summed E-state index contributed by atoms with van der Waals surface area (Å²) in [7, 11) is -3.81. The van der Waals surface area contributed by atoms with Gasteiger partial charge in [0.1, 0.15) is 5.82 Å². The van der Waals surface area contributed by atoms with E-state index in [0.717, 1.165) is 11.1 Å². The van der Waals surface area contributed by atoms with E-state index in [1.807, 2.05) is 31.7 Å². The first-order valence-electron chi connectivity index (χ1n) is 10.8. The maximum atomic E-state index is 12.8. The zero-order chi connectivity index (χ0) is 23.6. The van der Waals surface area contributed by atoms with Crippen LogP contribution in [0.2, 0.25) is 0 Å². The Morgan fingerprint density at radius 2 is 1.76 bits per heavy atom. The zero-order valence-electron chi connectivity index (χ0n) is 18.8. The molecule has 4 rings (SSSR count). The van der Waals surface area contributed by atoms with Crippen LogP contribution in [-0.2, 0) is 14.3 Å². The van der Waals surface area contributed by atoms with E-state index >= 15 is 0 Å². The van der Waals surface area contributed by atoms with Crippen molar-refractivity contribution in [2.24, 2.45) is 0 Å². The molecule has 1 unspecified atom stereocenters.